The molecule has 106 valence electrons. The second-order valence-corrected chi connectivity index (χ2v) is 4.66. The van der Waals surface area contributed by atoms with Crippen molar-refractivity contribution in [1.29, 1.82) is 0 Å². The molecule has 0 bridgehead atoms. The summed E-state index contributed by atoms with van der Waals surface area (Å²) in [6.07, 6.45) is 2.50. The molecular weight excluding hydrogens is 272 g/mol. The third-order valence-electron chi connectivity index (χ3n) is 2.88. The van der Waals surface area contributed by atoms with Crippen LogP contribution in [0.15, 0.2) is 47.1 Å². The second kappa shape index (κ2) is 7.55. The van der Waals surface area contributed by atoms with Crippen molar-refractivity contribution in [3.05, 3.63) is 54.0 Å². The van der Waals surface area contributed by atoms with Crippen LogP contribution in [0.4, 0.5) is 0 Å². The fraction of sp³-hybridized carbons (Fsp3) is 0.267. The van der Waals surface area contributed by atoms with Crippen molar-refractivity contribution in [2.75, 3.05) is 13.7 Å². The van der Waals surface area contributed by atoms with Crippen molar-refractivity contribution in [2.45, 2.75) is 13.0 Å². The number of furan rings is 1. The first-order chi connectivity index (χ1) is 9.79. The summed E-state index contributed by atoms with van der Waals surface area (Å²) in [5.41, 5.74) is 1.16. The van der Waals surface area contributed by atoms with Gasteiger partial charge in [0.15, 0.2) is 5.11 Å². The quantitative estimate of drug-likeness (QED) is 0.800. The zero-order chi connectivity index (χ0) is 14.2. The molecule has 0 unspecified atom stereocenters. The summed E-state index contributed by atoms with van der Waals surface area (Å²) in [6, 6.07) is 11.7. The van der Waals surface area contributed by atoms with E-state index in [1.54, 1.807) is 13.4 Å². The normalized spacial score (nSPS) is 10.1. The van der Waals surface area contributed by atoms with Crippen LogP contribution in [-0.4, -0.2) is 18.8 Å². The Morgan fingerprint density at radius 1 is 1.20 bits per heavy atom. The van der Waals surface area contributed by atoms with E-state index in [-0.39, 0.29) is 0 Å². The largest absolute Gasteiger partial charge is 0.496 e. The van der Waals surface area contributed by atoms with Gasteiger partial charge in [0.2, 0.25) is 0 Å². The molecule has 2 rings (SSSR count). The van der Waals surface area contributed by atoms with Crippen LogP contribution in [-0.2, 0) is 13.0 Å². The molecular formula is C15H18N2O2S. The fourth-order valence-electron chi connectivity index (χ4n) is 1.86. The van der Waals surface area contributed by atoms with Gasteiger partial charge in [0, 0.05) is 6.54 Å². The number of thiocarbonyl (C=S) groups is 1. The zero-order valence-electron chi connectivity index (χ0n) is 11.4. The van der Waals surface area contributed by atoms with Gasteiger partial charge in [0.25, 0.3) is 0 Å². The lowest BCUT2D eigenvalue weighted by atomic mass is 10.1. The third-order valence-corrected chi connectivity index (χ3v) is 3.16. The lowest BCUT2D eigenvalue weighted by Gasteiger charge is -2.11. The number of para-hydroxylation sites is 1. The van der Waals surface area contributed by atoms with E-state index in [0.29, 0.717) is 11.7 Å². The Hall–Kier alpha value is -2.01. The molecule has 0 spiro atoms. The van der Waals surface area contributed by atoms with Crippen molar-refractivity contribution < 1.29 is 9.15 Å². The summed E-state index contributed by atoms with van der Waals surface area (Å²) < 4.78 is 10.5. The maximum Gasteiger partial charge on any atom is 0.166 e. The van der Waals surface area contributed by atoms with Crippen LogP contribution in [0, 0.1) is 0 Å². The molecule has 20 heavy (non-hydrogen) atoms. The minimum atomic E-state index is 0.591. The zero-order valence-corrected chi connectivity index (χ0v) is 12.2. The summed E-state index contributed by atoms with van der Waals surface area (Å²) in [7, 11) is 1.68. The minimum absolute atomic E-state index is 0.591. The van der Waals surface area contributed by atoms with Crippen LogP contribution in [0.2, 0.25) is 0 Å². The molecule has 0 fully saturated rings. The van der Waals surface area contributed by atoms with Crippen LogP contribution in [0.3, 0.4) is 0 Å². The third kappa shape index (κ3) is 4.28. The first-order valence-electron chi connectivity index (χ1n) is 6.45. The first-order valence-corrected chi connectivity index (χ1v) is 6.86. The van der Waals surface area contributed by atoms with Crippen molar-refractivity contribution >= 4 is 17.3 Å². The van der Waals surface area contributed by atoms with Crippen LogP contribution >= 0.6 is 12.2 Å². The average Bonchev–Trinajstić information content (AvgIpc) is 2.99. The molecule has 1 heterocycles. The number of ether oxygens (including phenoxy) is 1. The van der Waals surface area contributed by atoms with Crippen LogP contribution < -0.4 is 15.4 Å². The highest BCUT2D eigenvalue weighted by atomic mass is 32.1. The predicted molar refractivity (Wildman–Crippen MR) is 82.8 cm³/mol. The highest BCUT2D eigenvalue weighted by Gasteiger charge is 2.02. The van der Waals surface area contributed by atoms with Gasteiger partial charge in [-0.15, -0.1) is 0 Å². The molecule has 1 aromatic carbocycles. The molecule has 0 aliphatic heterocycles. The van der Waals surface area contributed by atoms with E-state index in [4.69, 9.17) is 21.4 Å². The smallest absolute Gasteiger partial charge is 0.166 e. The van der Waals surface area contributed by atoms with Crippen LogP contribution in [0.5, 0.6) is 5.75 Å². The molecule has 0 amide bonds. The molecule has 5 heteroatoms. The number of hydrogen-bond donors (Lipinski definition) is 2. The highest BCUT2D eigenvalue weighted by molar-refractivity contribution is 7.80. The molecule has 4 nitrogen and oxygen atoms in total. The summed E-state index contributed by atoms with van der Waals surface area (Å²) >= 11 is 5.21. The Kier molecular flexibility index (Phi) is 5.43. The molecule has 0 aliphatic carbocycles. The minimum Gasteiger partial charge on any atom is -0.496 e. The number of benzene rings is 1. The lowest BCUT2D eigenvalue weighted by Crippen LogP contribution is -2.35. The SMILES string of the molecule is COc1ccccc1CCNC(=S)NCc1ccco1. The predicted octanol–water partition coefficient (Wildman–Crippen LogP) is 2.50. The van der Waals surface area contributed by atoms with Gasteiger partial charge in [-0.1, -0.05) is 18.2 Å². The van der Waals surface area contributed by atoms with Gasteiger partial charge in [0.05, 0.1) is 19.9 Å². The standard InChI is InChI=1S/C15H18N2O2S/c1-18-14-7-3-2-5-12(14)8-9-16-15(20)17-11-13-6-4-10-19-13/h2-7,10H,8-9,11H2,1H3,(H2,16,17,20). The topological polar surface area (TPSA) is 46.4 Å². The summed E-state index contributed by atoms with van der Waals surface area (Å²) in [5, 5.41) is 6.88. The lowest BCUT2D eigenvalue weighted by molar-refractivity contribution is 0.409. The number of methoxy groups -OCH3 is 1. The van der Waals surface area contributed by atoms with Crippen molar-refractivity contribution in [3.63, 3.8) is 0 Å². The van der Waals surface area contributed by atoms with E-state index < -0.39 is 0 Å². The van der Waals surface area contributed by atoms with Crippen LogP contribution in [0.25, 0.3) is 0 Å². The molecule has 0 aliphatic rings. The van der Waals surface area contributed by atoms with E-state index in [1.807, 2.05) is 30.3 Å². The summed E-state index contributed by atoms with van der Waals surface area (Å²) in [4.78, 5) is 0. The van der Waals surface area contributed by atoms with Gasteiger partial charge in [-0.05, 0) is 42.4 Å². The Bertz CT molecular complexity index is 541. The first kappa shape index (κ1) is 14.4. The van der Waals surface area contributed by atoms with Crippen molar-refractivity contribution in [1.82, 2.24) is 10.6 Å². The summed E-state index contributed by atoms with van der Waals surface area (Å²) in [5.74, 6) is 1.77. The van der Waals surface area contributed by atoms with Gasteiger partial charge in [-0.2, -0.15) is 0 Å². The van der Waals surface area contributed by atoms with Crippen molar-refractivity contribution in [2.24, 2.45) is 0 Å². The van der Waals surface area contributed by atoms with Gasteiger partial charge in [0.1, 0.15) is 11.5 Å². The van der Waals surface area contributed by atoms with Gasteiger partial charge < -0.3 is 19.8 Å². The maximum absolute atomic E-state index is 5.31. The number of rotatable bonds is 6. The Balaban J connectivity index is 1.71. The van der Waals surface area contributed by atoms with E-state index >= 15 is 0 Å². The van der Waals surface area contributed by atoms with Gasteiger partial charge >= 0.3 is 0 Å². The Morgan fingerprint density at radius 2 is 2.05 bits per heavy atom. The molecule has 0 atom stereocenters. The molecule has 0 radical (unpaired) electrons. The summed E-state index contributed by atoms with van der Waals surface area (Å²) in [6.45, 7) is 1.35. The fourth-order valence-corrected chi connectivity index (χ4v) is 2.04. The molecule has 0 saturated carbocycles. The number of hydrogen-bond acceptors (Lipinski definition) is 3. The van der Waals surface area contributed by atoms with E-state index in [0.717, 1.165) is 30.0 Å². The average molecular weight is 290 g/mol. The second-order valence-electron chi connectivity index (χ2n) is 4.25. The Morgan fingerprint density at radius 3 is 2.80 bits per heavy atom. The van der Waals surface area contributed by atoms with E-state index in [9.17, 15) is 0 Å². The molecule has 2 N–H and O–H groups in total. The van der Waals surface area contributed by atoms with Gasteiger partial charge in [-0.25, -0.2) is 0 Å². The molecule has 1 aromatic heterocycles. The Labute approximate surface area is 124 Å². The number of nitrogens with one attached hydrogen (secondary N) is 2. The van der Waals surface area contributed by atoms with E-state index in [1.165, 1.54) is 0 Å². The molecule has 2 aromatic rings. The van der Waals surface area contributed by atoms with Crippen molar-refractivity contribution in [3.8, 4) is 5.75 Å². The van der Waals surface area contributed by atoms with Gasteiger partial charge in [-0.3, -0.25) is 0 Å². The molecule has 0 saturated heterocycles. The van der Waals surface area contributed by atoms with Crippen LogP contribution in [0.1, 0.15) is 11.3 Å². The highest BCUT2D eigenvalue weighted by Crippen LogP contribution is 2.17. The maximum atomic E-state index is 5.31. The monoisotopic (exact) mass is 290 g/mol. The van der Waals surface area contributed by atoms with E-state index in [2.05, 4.69) is 16.7 Å².